The Balaban J connectivity index is 0.00000235. The molecule has 3 rings (SSSR count). The van der Waals surface area contributed by atoms with Crippen LogP contribution < -0.4 is 26.4 Å². The molecule has 10 nitrogen and oxygen atoms in total. The number of aryl methyl sites for hydroxylation is 1. The number of hydrogen-bond donors (Lipinski definition) is 4. The van der Waals surface area contributed by atoms with Crippen molar-refractivity contribution in [2.24, 2.45) is 5.73 Å². The van der Waals surface area contributed by atoms with Crippen molar-refractivity contribution in [3.05, 3.63) is 35.7 Å². The van der Waals surface area contributed by atoms with Crippen LogP contribution in [0.5, 0.6) is 5.75 Å². The van der Waals surface area contributed by atoms with Gasteiger partial charge in [-0.1, -0.05) is 18.9 Å². The van der Waals surface area contributed by atoms with Gasteiger partial charge in [0, 0.05) is 37.6 Å². The van der Waals surface area contributed by atoms with Gasteiger partial charge < -0.3 is 31.2 Å². The number of nitrogens with one attached hydrogen (secondary N) is 3. The summed E-state index contributed by atoms with van der Waals surface area (Å²) in [7, 11) is 1.50. The number of aromatic nitrogens is 2. The van der Waals surface area contributed by atoms with Crippen LogP contribution in [0.4, 0.5) is 17.3 Å². The third-order valence-electron chi connectivity index (χ3n) is 5.46. The summed E-state index contributed by atoms with van der Waals surface area (Å²) in [6.07, 6.45) is 4.78. The van der Waals surface area contributed by atoms with Gasteiger partial charge >= 0.3 is 0 Å². The first kappa shape index (κ1) is 29.5. The highest BCUT2D eigenvalue weighted by atomic mass is 16.5. The van der Waals surface area contributed by atoms with E-state index in [0.29, 0.717) is 37.0 Å². The van der Waals surface area contributed by atoms with E-state index in [1.807, 2.05) is 31.2 Å². The maximum absolute atomic E-state index is 11.7. The molecule has 1 amide bonds. The van der Waals surface area contributed by atoms with Gasteiger partial charge in [0.15, 0.2) is 12.1 Å². The molecule has 1 aliphatic heterocycles. The van der Waals surface area contributed by atoms with Crippen LogP contribution in [0.2, 0.25) is 0 Å². The molecule has 0 spiro atoms. The molecule has 2 heterocycles. The number of carbonyl (C=O) groups is 2. The lowest BCUT2D eigenvalue weighted by molar-refractivity contribution is -0.115. The number of rotatable bonds is 12. The van der Waals surface area contributed by atoms with Gasteiger partial charge in [-0.2, -0.15) is 0 Å². The number of hydrogen-bond acceptors (Lipinski definition) is 9. The average molecular weight is 511 g/mol. The largest absolute Gasteiger partial charge is 0.494 e. The number of carbonyl (C=O) groups excluding carboxylic acids is 2. The van der Waals surface area contributed by atoms with E-state index in [-0.39, 0.29) is 17.6 Å². The minimum absolute atomic E-state index is 0.261. The van der Waals surface area contributed by atoms with Crippen molar-refractivity contribution >= 4 is 29.5 Å². The van der Waals surface area contributed by atoms with Crippen molar-refractivity contribution in [1.82, 2.24) is 15.3 Å². The maximum atomic E-state index is 11.7. The van der Waals surface area contributed by atoms with Gasteiger partial charge in [-0.3, -0.25) is 9.59 Å². The van der Waals surface area contributed by atoms with Crippen molar-refractivity contribution in [3.8, 4) is 17.6 Å². The second-order valence-corrected chi connectivity index (χ2v) is 8.09. The SMILES string of the molecule is CC#CC(=O)NCCCCOc1cccc(Nc2nc(NC3CCOCC3)c(CC)nc2C=O)c1.CN. The number of amides is 1. The molecule has 1 saturated heterocycles. The summed E-state index contributed by atoms with van der Waals surface area (Å²) >= 11 is 0. The second kappa shape index (κ2) is 16.9. The fourth-order valence-corrected chi connectivity index (χ4v) is 3.63. The fraction of sp³-hybridized carbons (Fsp3) is 0.481. The minimum Gasteiger partial charge on any atom is -0.494 e. The molecule has 2 aromatic rings. The Morgan fingerprint density at radius 3 is 2.70 bits per heavy atom. The number of nitrogens with two attached hydrogens (primary N) is 1. The highest BCUT2D eigenvalue weighted by Gasteiger charge is 2.18. The van der Waals surface area contributed by atoms with E-state index >= 15 is 0 Å². The van der Waals surface area contributed by atoms with Crippen molar-refractivity contribution < 1.29 is 19.1 Å². The van der Waals surface area contributed by atoms with Crippen LogP contribution in [-0.2, 0) is 16.0 Å². The van der Waals surface area contributed by atoms with Crippen LogP contribution in [-0.4, -0.2) is 61.6 Å². The summed E-state index contributed by atoms with van der Waals surface area (Å²) in [5.74, 6) is 6.54. The summed E-state index contributed by atoms with van der Waals surface area (Å²) in [5, 5.41) is 9.43. The third-order valence-corrected chi connectivity index (χ3v) is 5.46. The number of benzene rings is 1. The molecule has 0 atom stereocenters. The van der Waals surface area contributed by atoms with Gasteiger partial charge in [-0.25, -0.2) is 9.97 Å². The lowest BCUT2D eigenvalue weighted by Gasteiger charge is -2.25. The molecule has 1 aliphatic rings. The van der Waals surface area contributed by atoms with Gasteiger partial charge in [0.05, 0.1) is 12.3 Å². The first-order valence-electron chi connectivity index (χ1n) is 12.6. The highest BCUT2D eigenvalue weighted by Crippen LogP contribution is 2.25. The molecule has 10 heteroatoms. The Bertz CT molecular complexity index is 1060. The van der Waals surface area contributed by atoms with Gasteiger partial charge in [0.2, 0.25) is 0 Å². The van der Waals surface area contributed by atoms with E-state index in [4.69, 9.17) is 14.5 Å². The van der Waals surface area contributed by atoms with Gasteiger partial charge in [-0.15, -0.1) is 0 Å². The minimum atomic E-state index is -0.261. The maximum Gasteiger partial charge on any atom is 0.295 e. The number of unbranched alkanes of at least 4 members (excludes halogenated alkanes) is 1. The molecular formula is C27H38N6O4. The Kier molecular flexibility index (Phi) is 13.5. The molecule has 37 heavy (non-hydrogen) atoms. The lowest BCUT2D eigenvalue weighted by Crippen LogP contribution is -2.29. The normalized spacial score (nSPS) is 12.8. The Morgan fingerprint density at radius 2 is 2.00 bits per heavy atom. The number of nitrogens with zero attached hydrogens (tertiary/aromatic N) is 2. The van der Waals surface area contributed by atoms with Crippen LogP contribution in [0.15, 0.2) is 24.3 Å². The summed E-state index contributed by atoms with van der Waals surface area (Å²) < 4.78 is 11.3. The van der Waals surface area contributed by atoms with Crippen molar-refractivity contribution in [2.45, 2.75) is 52.0 Å². The average Bonchev–Trinajstić information content (AvgIpc) is 2.93. The zero-order valence-corrected chi connectivity index (χ0v) is 21.9. The summed E-state index contributed by atoms with van der Waals surface area (Å²) in [5.41, 5.74) is 6.27. The van der Waals surface area contributed by atoms with Gasteiger partial charge in [0.25, 0.3) is 5.91 Å². The lowest BCUT2D eigenvalue weighted by atomic mass is 10.1. The quantitative estimate of drug-likeness (QED) is 0.193. The van der Waals surface area contributed by atoms with Crippen LogP contribution in [0.25, 0.3) is 0 Å². The van der Waals surface area contributed by atoms with Crippen LogP contribution in [0.1, 0.15) is 55.7 Å². The molecule has 0 bridgehead atoms. The number of ether oxygens (including phenoxy) is 2. The number of anilines is 3. The van der Waals surface area contributed by atoms with Crippen LogP contribution >= 0.6 is 0 Å². The smallest absolute Gasteiger partial charge is 0.295 e. The summed E-state index contributed by atoms with van der Waals surface area (Å²) in [4.78, 5) is 32.3. The zero-order chi connectivity index (χ0) is 26.9. The Morgan fingerprint density at radius 1 is 1.22 bits per heavy atom. The van der Waals surface area contributed by atoms with E-state index in [1.54, 1.807) is 6.92 Å². The van der Waals surface area contributed by atoms with Crippen LogP contribution in [0, 0.1) is 11.8 Å². The van der Waals surface area contributed by atoms with E-state index in [0.717, 1.165) is 56.6 Å². The summed E-state index contributed by atoms with van der Waals surface area (Å²) in [6.45, 7) is 6.14. The molecule has 0 radical (unpaired) electrons. The monoisotopic (exact) mass is 510 g/mol. The second-order valence-electron chi connectivity index (χ2n) is 8.09. The topological polar surface area (TPSA) is 140 Å². The van der Waals surface area contributed by atoms with E-state index in [2.05, 4.69) is 38.5 Å². The van der Waals surface area contributed by atoms with Crippen molar-refractivity contribution in [3.63, 3.8) is 0 Å². The number of aldehydes is 1. The fourth-order valence-electron chi connectivity index (χ4n) is 3.63. The van der Waals surface area contributed by atoms with E-state index in [9.17, 15) is 9.59 Å². The Hall–Kier alpha value is -3.68. The van der Waals surface area contributed by atoms with Crippen molar-refractivity contribution in [1.29, 1.82) is 0 Å². The van der Waals surface area contributed by atoms with E-state index in [1.165, 1.54) is 7.05 Å². The highest BCUT2D eigenvalue weighted by molar-refractivity contribution is 5.93. The molecule has 1 aromatic carbocycles. The zero-order valence-electron chi connectivity index (χ0n) is 21.9. The Labute approximate surface area is 219 Å². The van der Waals surface area contributed by atoms with E-state index < -0.39 is 0 Å². The molecule has 0 saturated carbocycles. The molecule has 0 unspecified atom stereocenters. The van der Waals surface area contributed by atoms with Gasteiger partial charge in [0.1, 0.15) is 17.3 Å². The predicted molar refractivity (Wildman–Crippen MR) is 145 cm³/mol. The predicted octanol–water partition coefficient (Wildman–Crippen LogP) is 3.06. The first-order chi connectivity index (χ1) is 18.1. The standard InChI is InChI=1S/C26H33N5O4.CH5N/c1-3-8-24(33)27-13-5-6-14-35-21-10-7-9-20(17-21)29-26-23(18-32)30-22(4-2)25(31-26)28-19-11-15-34-16-12-19;1-2/h7,9-10,17-19H,4-6,11-16H2,1-2H3,(H,27,33)(H2,28,29,31);2H2,1H3. The van der Waals surface area contributed by atoms with Gasteiger partial charge in [-0.05, 0) is 64.1 Å². The van der Waals surface area contributed by atoms with Crippen LogP contribution in [0.3, 0.4) is 0 Å². The third kappa shape index (κ3) is 10.1. The van der Waals surface area contributed by atoms with Crippen molar-refractivity contribution in [2.75, 3.05) is 44.0 Å². The molecule has 0 aliphatic carbocycles. The summed E-state index contributed by atoms with van der Waals surface area (Å²) in [6, 6.07) is 7.75. The molecule has 1 fully saturated rings. The molecule has 5 N–H and O–H groups in total. The molecule has 1 aromatic heterocycles. The molecular weight excluding hydrogens is 472 g/mol. The molecule has 200 valence electrons. The first-order valence-corrected chi connectivity index (χ1v) is 12.6.